The zero-order chi connectivity index (χ0) is 12.5. The van der Waals surface area contributed by atoms with E-state index in [-0.39, 0.29) is 5.91 Å². The molecule has 1 saturated carbocycles. The Hall–Kier alpha value is -1.10. The van der Waals surface area contributed by atoms with Gasteiger partial charge in [-0.2, -0.15) is 0 Å². The molecule has 5 heteroatoms. The summed E-state index contributed by atoms with van der Waals surface area (Å²) >= 11 is 0. The molecule has 2 fully saturated rings. The number of methoxy groups -OCH3 is 1. The van der Waals surface area contributed by atoms with Crippen LogP contribution in [0, 0.1) is 11.3 Å². The highest BCUT2D eigenvalue weighted by Crippen LogP contribution is 2.46. The first kappa shape index (κ1) is 12.4. The SMILES string of the molecule is COC(=O)C1(C(=O)NCC2CCN(C)C2)CC1. The van der Waals surface area contributed by atoms with Crippen LogP contribution in [0.25, 0.3) is 0 Å². The smallest absolute Gasteiger partial charge is 0.321 e. The lowest BCUT2D eigenvalue weighted by atomic mass is 10.1. The minimum Gasteiger partial charge on any atom is -0.468 e. The third kappa shape index (κ3) is 2.44. The molecule has 2 aliphatic rings. The van der Waals surface area contributed by atoms with E-state index in [0.29, 0.717) is 25.3 Å². The average molecular weight is 240 g/mol. The third-order valence-electron chi connectivity index (χ3n) is 3.80. The van der Waals surface area contributed by atoms with Crippen molar-refractivity contribution in [2.24, 2.45) is 11.3 Å². The minimum absolute atomic E-state index is 0.154. The van der Waals surface area contributed by atoms with Gasteiger partial charge in [-0.1, -0.05) is 0 Å². The molecular weight excluding hydrogens is 220 g/mol. The summed E-state index contributed by atoms with van der Waals surface area (Å²) in [5.74, 6) is -0.0326. The van der Waals surface area contributed by atoms with Gasteiger partial charge in [0.15, 0.2) is 0 Å². The fourth-order valence-electron chi connectivity index (χ4n) is 2.44. The maximum absolute atomic E-state index is 11.9. The topological polar surface area (TPSA) is 58.6 Å². The molecule has 1 saturated heterocycles. The molecule has 1 unspecified atom stereocenters. The first-order valence-electron chi connectivity index (χ1n) is 6.14. The molecule has 96 valence electrons. The summed E-state index contributed by atoms with van der Waals surface area (Å²) in [6.07, 6.45) is 2.36. The van der Waals surface area contributed by atoms with E-state index in [9.17, 15) is 9.59 Å². The van der Waals surface area contributed by atoms with Crippen LogP contribution in [0.5, 0.6) is 0 Å². The fraction of sp³-hybridized carbons (Fsp3) is 0.833. The fourth-order valence-corrected chi connectivity index (χ4v) is 2.44. The number of carbonyl (C=O) groups excluding carboxylic acids is 2. The van der Waals surface area contributed by atoms with Crippen molar-refractivity contribution in [2.75, 3.05) is 33.8 Å². The quantitative estimate of drug-likeness (QED) is 0.555. The van der Waals surface area contributed by atoms with Crippen molar-refractivity contribution < 1.29 is 14.3 Å². The first-order chi connectivity index (χ1) is 8.08. The van der Waals surface area contributed by atoms with Crippen molar-refractivity contribution in [3.8, 4) is 0 Å². The van der Waals surface area contributed by atoms with Crippen LogP contribution in [0.3, 0.4) is 0 Å². The van der Waals surface area contributed by atoms with Crippen molar-refractivity contribution >= 4 is 11.9 Å². The van der Waals surface area contributed by atoms with Crippen LogP contribution < -0.4 is 5.32 Å². The third-order valence-corrected chi connectivity index (χ3v) is 3.80. The van der Waals surface area contributed by atoms with E-state index in [0.717, 1.165) is 19.5 Å². The highest BCUT2D eigenvalue weighted by molar-refractivity contribution is 6.05. The number of nitrogens with one attached hydrogen (secondary N) is 1. The second-order valence-corrected chi connectivity index (χ2v) is 5.20. The van der Waals surface area contributed by atoms with Gasteiger partial charge >= 0.3 is 5.97 Å². The maximum Gasteiger partial charge on any atom is 0.321 e. The molecule has 2 rings (SSSR count). The number of hydrogen-bond donors (Lipinski definition) is 1. The van der Waals surface area contributed by atoms with E-state index in [1.165, 1.54) is 7.11 Å². The van der Waals surface area contributed by atoms with Gasteiger partial charge in [-0.3, -0.25) is 9.59 Å². The minimum atomic E-state index is -0.862. The molecule has 1 atom stereocenters. The summed E-state index contributed by atoms with van der Waals surface area (Å²) in [5, 5.41) is 2.90. The number of ether oxygens (including phenoxy) is 1. The average Bonchev–Trinajstić information content (AvgIpc) is 3.04. The van der Waals surface area contributed by atoms with Crippen molar-refractivity contribution in [2.45, 2.75) is 19.3 Å². The van der Waals surface area contributed by atoms with Gasteiger partial charge in [0.2, 0.25) is 5.91 Å². The number of likely N-dealkylation sites (tertiary alicyclic amines) is 1. The van der Waals surface area contributed by atoms with Crippen LogP contribution in [0.15, 0.2) is 0 Å². The van der Waals surface area contributed by atoms with Gasteiger partial charge in [-0.05, 0) is 38.8 Å². The standard InChI is InChI=1S/C12H20N2O3/c1-14-6-3-9(8-14)7-13-10(15)12(4-5-12)11(16)17-2/h9H,3-8H2,1-2H3,(H,13,15). The number of carbonyl (C=O) groups is 2. The summed E-state index contributed by atoms with van der Waals surface area (Å²) in [6, 6.07) is 0. The van der Waals surface area contributed by atoms with Gasteiger partial charge in [0.1, 0.15) is 5.41 Å². The Morgan fingerprint density at radius 2 is 2.18 bits per heavy atom. The molecule has 17 heavy (non-hydrogen) atoms. The van der Waals surface area contributed by atoms with Gasteiger partial charge in [0, 0.05) is 13.1 Å². The Morgan fingerprint density at radius 1 is 1.47 bits per heavy atom. The van der Waals surface area contributed by atoms with Crippen molar-refractivity contribution in [1.29, 1.82) is 0 Å². The molecule has 0 aromatic carbocycles. The van der Waals surface area contributed by atoms with Crippen LogP contribution in [0.4, 0.5) is 0 Å². The molecule has 5 nitrogen and oxygen atoms in total. The van der Waals surface area contributed by atoms with E-state index in [2.05, 4.69) is 22.0 Å². The number of amides is 1. The monoisotopic (exact) mass is 240 g/mol. The predicted octanol–water partition coefficient (Wildman–Crippen LogP) is 0.00750. The second-order valence-electron chi connectivity index (χ2n) is 5.20. The lowest BCUT2D eigenvalue weighted by molar-refractivity contribution is -0.152. The Balaban J connectivity index is 1.80. The molecule has 0 bridgehead atoms. The van der Waals surface area contributed by atoms with Crippen molar-refractivity contribution in [1.82, 2.24) is 10.2 Å². The molecule has 0 spiro atoms. The molecule has 1 heterocycles. The largest absolute Gasteiger partial charge is 0.468 e. The van der Waals surface area contributed by atoms with E-state index >= 15 is 0 Å². The Kier molecular flexibility index (Phi) is 3.38. The zero-order valence-electron chi connectivity index (χ0n) is 10.5. The molecular formula is C12H20N2O3. The number of esters is 1. The highest BCUT2D eigenvalue weighted by atomic mass is 16.5. The molecule has 0 aromatic rings. The summed E-state index contributed by atoms with van der Waals surface area (Å²) in [7, 11) is 3.42. The predicted molar refractivity (Wildman–Crippen MR) is 62.3 cm³/mol. The van der Waals surface area contributed by atoms with Gasteiger partial charge in [0.25, 0.3) is 0 Å². The van der Waals surface area contributed by atoms with Crippen LogP contribution >= 0.6 is 0 Å². The Bertz CT molecular complexity index is 326. The molecule has 1 amide bonds. The highest BCUT2D eigenvalue weighted by Gasteiger charge is 2.57. The number of rotatable bonds is 4. The lowest BCUT2D eigenvalue weighted by Gasteiger charge is -2.15. The Morgan fingerprint density at radius 3 is 2.65 bits per heavy atom. The summed E-state index contributed by atoms with van der Waals surface area (Å²) < 4.78 is 4.68. The van der Waals surface area contributed by atoms with E-state index in [1.54, 1.807) is 0 Å². The van der Waals surface area contributed by atoms with Crippen LogP contribution in [0.2, 0.25) is 0 Å². The van der Waals surface area contributed by atoms with Crippen molar-refractivity contribution in [3.05, 3.63) is 0 Å². The van der Waals surface area contributed by atoms with Crippen LogP contribution in [0.1, 0.15) is 19.3 Å². The van der Waals surface area contributed by atoms with Gasteiger partial charge in [-0.25, -0.2) is 0 Å². The van der Waals surface area contributed by atoms with E-state index < -0.39 is 11.4 Å². The van der Waals surface area contributed by atoms with Gasteiger partial charge in [0.05, 0.1) is 7.11 Å². The normalized spacial score (nSPS) is 26.6. The number of hydrogen-bond acceptors (Lipinski definition) is 4. The summed E-state index contributed by atoms with van der Waals surface area (Å²) in [4.78, 5) is 25.7. The van der Waals surface area contributed by atoms with Gasteiger partial charge < -0.3 is 15.0 Å². The molecule has 0 aromatic heterocycles. The van der Waals surface area contributed by atoms with Crippen LogP contribution in [-0.4, -0.2) is 50.6 Å². The number of nitrogens with zero attached hydrogens (tertiary/aromatic N) is 1. The first-order valence-corrected chi connectivity index (χ1v) is 6.14. The van der Waals surface area contributed by atoms with Gasteiger partial charge in [-0.15, -0.1) is 0 Å². The van der Waals surface area contributed by atoms with Crippen LogP contribution in [-0.2, 0) is 14.3 Å². The second kappa shape index (κ2) is 4.64. The zero-order valence-corrected chi connectivity index (χ0v) is 10.5. The molecule has 0 radical (unpaired) electrons. The lowest BCUT2D eigenvalue weighted by Crippen LogP contribution is -2.40. The molecule has 1 N–H and O–H groups in total. The van der Waals surface area contributed by atoms with Crippen molar-refractivity contribution in [3.63, 3.8) is 0 Å². The Labute approximate surface area is 101 Å². The van der Waals surface area contributed by atoms with E-state index in [4.69, 9.17) is 0 Å². The molecule has 1 aliphatic carbocycles. The maximum atomic E-state index is 11.9. The summed E-state index contributed by atoms with van der Waals surface area (Å²) in [5.41, 5.74) is -0.862. The molecule has 1 aliphatic heterocycles. The van der Waals surface area contributed by atoms with E-state index in [1.807, 2.05) is 0 Å². The summed E-state index contributed by atoms with van der Waals surface area (Å²) in [6.45, 7) is 2.77.